The number of piperidine rings is 1. The van der Waals surface area contributed by atoms with Gasteiger partial charge in [0.15, 0.2) is 5.82 Å². The van der Waals surface area contributed by atoms with E-state index < -0.39 is 5.82 Å². The number of hydrogen-bond donors (Lipinski definition) is 2. The van der Waals surface area contributed by atoms with Crippen LogP contribution in [0.4, 0.5) is 10.2 Å². The fraction of sp³-hybridized carbons (Fsp3) is 0.444. The number of fused-ring (bicyclic) bond motifs is 2. The van der Waals surface area contributed by atoms with Crippen LogP contribution in [0.5, 0.6) is 5.75 Å². The van der Waals surface area contributed by atoms with Gasteiger partial charge in [0.25, 0.3) is 0 Å². The summed E-state index contributed by atoms with van der Waals surface area (Å²) < 4.78 is 15.0. The summed E-state index contributed by atoms with van der Waals surface area (Å²) in [6.07, 6.45) is 7.08. The van der Waals surface area contributed by atoms with Crippen LogP contribution < -0.4 is 10.2 Å². The van der Waals surface area contributed by atoms with Gasteiger partial charge in [-0.3, -0.25) is 4.79 Å². The number of phenols is 1. The summed E-state index contributed by atoms with van der Waals surface area (Å²) in [5, 5.41) is 23.1. The van der Waals surface area contributed by atoms with Gasteiger partial charge in [-0.05, 0) is 69.4 Å². The molecule has 0 unspecified atom stereocenters. The predicted molar refractivity (Wildman–Crippen MR) is 137 cm³/mol. The Morgan fingerprint density at radius 1 is 1.17 bits per heavy atom. The minimum absolute atomic E-state index is 0.0864. The third kappa shape index (κ3) is 4.93. The number of allylic oxidation sites excluding steroid dienone is 2. The molecule has 0 radical (unpaired) electrons. The number of benzene rings is 1. The number of likely N-dealkylation sites (N-methyl/N-ethyl adjacent to an activating group) is 1. The van der Waals surface area contributed by atoms with E-state index in [1.165, 1.54) is 42.0 Å². The van der Waals surface area contributed by atoms with Crippen LogP contribution in [0.3, 0.4) is 0 Å². The second-order valence-corrected chi connectivity index (χ2v) is 10.6. The van der Waals surface area contributed by atoms with Gasteiger partial charge in [-0.1, -0.05) is 12.7 Å². The van der Waals surface area contributed by atoms with E-state index in [2.05, 4.69) is 40.8 Å². The maximum absolute atomic E-state index is 15.0. The highest BCUT2D eigenvalue weighted by Crippen LogP contribution is 2.44. The lowest BCUT2D eigenvalue weighted by Gasteiger charge is -2.45. The van der Waals surface area contributed by atoms with Crippen molar-refractivity contribution in [1.29, 1.82) is 0 Å². The van der Waals surface area contributed by atoms with Gasteiger partial charge < -0.3 is 20.2 Å². The lowest BCUT2D eigenvalue weighted by atomic mass is 9.84. The fourth-order valence-corrected chi connectivity index (χ4v) is 5.44. The molecule has 3 atom stereocenters. The highest BCUT2D eigenvalue weighted by molar-refractivity contribution is 5.97. The lowest BCUT2D eigenvalue weighted by Crippen LogP contribution is -2.58. The minimum atomic E-state index is -0.592. The number of phenolic OH excluding ortho intramolecular Hbond substituents is 1. The van der Waals surface area contributed by atoms with Crippen LogP contribution in [0, 0.1) is 5.82 Å². The van der Waals surface area contributed by atoms with Gasteiger partial charge in [0.05, 0.1) is 5.69 Å². The van der Waals surface area contributed by atoms with E-state index in [-0.39, 0.29) is 39.4 Å². The molecule has 0 aliphatic carbocycles. The van der Waals surface area contributed by atoms with Crippen LogP contribution in [0.1, 0.15) is 45.1 Å². The van der Waals surface area contributed by atoms with Gasteiger partial charge in [0, 0.05) is 55.5 Å². The van der Waals surface area contributed by atoms with Crippen molar-refractivity contribution in [3.8, 4) is 17.0 Å². The van der Waals surface area contributed by atoms with Gasteiger partial charge in [0.1, 0.15) is 11.6 Å². The molecule has 1 aromatic heterocycles. The average Bonchev–Trinajstić information content (AvgIpc) is 3.04. The number of carbonyl (C=O) groups is 1. The van der Waals surface area contributed by atoms with Crippen LogP contribution >= 0.6 is 0 Å². The molecule has 7 nitrogen and oxygen atoms in total. The Labute approximate surface area is 206 Å². The van der Waals surface area contributed by atoms with Gasteiger partial charge in [-0.25, -0.2) is 4.39 Å². The first-order chi connectivity index (χ1) is 16.4. The van der Waals surface area contributed by atoms with E-state index in [0.717, 1.165) is 18.7 Å². The Balaban J connectivity index is 1.57. The molecule has 2 N–H and O–H groups in total. The Morgan fingerprint density at radius 3 is 2.37 bits per heavy atom. The zero-order chi connectivity index (χ0) is 25.5. The van der Waals surface area contributed by atoms with Crippen LogP contribution in [-0.4, -0.2) is 64.4 Å². The molecule has 2 aromatic rings. The topological polar surface area (TPSA) is 81.6 Å². The highest BCUT2D eigenvalue weighted by atomic mass is 19.1. The highest BCUT2D eigenvalue weighted by Gasteiger charge is 2.49. The first-order valence-electron chi connectivity index (χ1n) is 11.9. The molecule has 2 saturated heterocycles. The average molecular weight is 480 g/mol. The van der Waals surface area contributed by atoms with Crippen molar-refractivity contribution >= 4 is 17.3 Å². The Bertz CT molecular complexity index is 1160. The van der Waals surface area contributed by atoms with E-state index >= 15 is 4.39 Å². The summed E-state index contributed by atoms with van der Waals surface area (Å²) in [6.45, 7) is 8.25. The summed E-state index contributed by atoms with van der Waals surface area (Å²) in [5.74, 6) is -0.316. The molecule has 2 bridgehead atoms. The van der Waals surface area contributed by atoms with Crippen molar-refractivity contribution in [2.75, 3.05) is 26.0 Å². The van der Waals surface area contributed by atoms with Gasteiger partial charge in [-0.2, -0.15) is 0 Å². The smallest absolute Gasteiger partial charge is 0.246 e. The molecule has 3 heterocycles. The van der Waals surface area contributed by atoms with E-state index in [0.29, 0.717) is 11.7 Å². The minimum Gasteiger partial charge on any atom is -0.507 e. The Kier molecular flexibility index (Phi) is 6.44. The number of hydrogen-bond acceptors (Lipinski definition) is 6. The summed E-state index contributed by atoms with van der Waals surface area (Å²) in [6, 6.07) is 6.43. The van der Waals surface area contributed by atoms with Gasteiger partial charge in [0.2, 0.25) is 5.91 Å². The molecule has 186 valence electrons. The second-order valence-electron chi connectivity index (χ2n) is 10.6. The molecule has 2 fully saturated rings. The van der Waals surface area contributed by atoms with Crippen molar-refractivity contribution in [2.24, 2.45) is 0 Å². The Hall–Kier alpha value is -3.26. The molecule has 2 aliphatic heterocycles. The number of carbonyl (C=O) groups excluding carboxylic acids is 1. The molecular formula is C27H34FN5O2. The number of halogens is 1. The first-order valence-corrected chi connectivity index (χ1v) is 11.9. The molecule has 0 spiro atoms. The number of aromatic nitrogens is 2. The summed E-state index contributed by atoms with van der Waals surface area (Å²) in [7, 11) is 5.24. The van der Waals surface area contributed by atoms with Crippen molar-refractivity contribution in [3.63, 3.8) is 0 Å². The van der Waals surface area contributed by atoms with Crippen LogP contribution in [0.25, 0.3) is 16.8 Å². The summed E-state index contributed by atoms with van der Waals surface area (Å²) >= 11 is 0. The molecule has 2 aliphatic rings. The third-order valence-corrected chi connectivity index (χ3v) is 7.38. The van der Waals surface area contributed by atoms with E-state index in [4.69, 9.17) is 0 Å². The zero-order valence-electron chi connectivity index (χ0n) is 21.1. The zero-order valence-corrected chi connectivity index (χ0v) is 21.1. The van der Waals surface area contributed by atoms with Crippen molar-refractivity contribution in [1.82, 2.24) is 20.4 Å². The molecule has 4 rings (SSSR count). The monoisotopic (exact) mass is 479 g/mol. The SMILES string of the molecule is C=C/C(=C\C(=O)N(C)C)c1cc(O)c(-c2ccc(N(C)[C@H]3C[C@]4(C)CC[C@](C)(C3)N4)nn2)cc1F. The van der Waals surface area contributed by atoms with Crippen LogP contribution in [0.2, 0.25) is 0 Å². The largest absolute Gasteiger partial charge is 0.507 e. The summed E-state index contributed by atoms with van der Waals surface area (Å²) in [5.41, 5.74) is 1.24. The van der Waals surface area contributed by atoms with Gasteiger partial charge >= 0.3 is 0 Å². The Morgan fingerprint density at radius 2 is 1.83 bits per heavy atom. The van der Waals surface area contributed by atoms with Crippen molar-refractivity contribution < 1.29 is 14.3 Å². The normalized spacial score (nSPS) is 25.9. The third-order valence-electron chi connectivity index (χ3n) is 7.38. The number of nitrogens with one attached hydrogen (secondary N) is 1. The fourth-order valence-electron chi connectivity index (χ4n) is 5.44. The van der Waals surface area contributed by atoms with E-state index in [1.54, 1.807) is 20.2 Å². The molecule has 35 heavy (non-hydrogen) atoms. The van der Waals surface area contributed by atoms with Crippen molar-refractivity contribution in [3.05, 3.63) is 54.4 Å². The number of amides is 1. The second kappa shape index (κ2) is 9.07. The van der Waals surface area contributed by atoms with E-state index in [9.17, 15) is 9.90 Å². The molecular weight excluding hydrogens is 445 g/mol. The predicted octanol–water partition coefficient (Wildman–Crippen LogP) is 4.15. The molecule has 1 aromatic carbocycles. The van der Waals surface area contributed by atoms with E-state index in [1.807, 2.05) is 13.1 Å². The standard InChI is InChI=1S/C27H34FN5O2/c1-7-17(12-25(35)32(4)5)19-14-23(34)20(13-21(19)28)22-8-9-24(30-29-22)33(6)18-15-26(2)10-11-27(3,16-18)31-26/h7-9,12-14,18,31,34H,1,10-11,15-16H2,2-6H3/b17-12+/t18-,26-,27+. The number of nitrogens with zero attached hydrogens (tertiary/aromatic N) is 4. The molecule has 0 saturated carbocycles. The number of aromatic hydroxyl groups is 1. The first kappa shape index (κ1) is 24.9. The maximum Gasteiger partial charge on any atom is 0.246 e. The van der Waals surface area contributed by atoms with Crippen LogP contribution in [-0.2, 0) is 4.79 Å². The number of rotatable bonds is 6. The van der Waals surface area contributed by atoms with Crippen molar-refractivity contribution in [2.45, 2.75) is 56.7 Å². The molecule has 8 heteroatoms. The summed E-state index contributed by atoms with van der Waals surface area (Å²) in [4.78, 5) is 15.6. The molecule has 1 amide bonds. The van der Waals surface area contributed by atoms with Gasteiger partial charge in [-0.15, -0.1) is 10.2 Å². The van der Waals surface area contributed by atoms with Crippen LogP contribution in [0.15, 0.2) is 43.0 Å². The lowest BCUT2D eigenvalue weighted by molar-refractivity contribution is -0.123. The number of anilines is 1. The quantitative estimate of drug-likeness (QED) is 0.479. The maximum atomic E-state index is 15.0.